The molecule has 0 heteroatoms. The fourth-order valence-corrected chi connectivity index (χ4v) is 1.24. The van der Waals surface area contributed by atoms with Gasteiger partial charge in [-0.2, -0.15) is 0 Å². The van der Waals surface area contributed by atoms with Gasteiger partial charge in [-0.25, -0.2) is 0 Å². The normalized spacial score (nSPS) is 7.31. The van der Waals surface area contributed by atoms with Gasteiger partial charge < -0.3 is 0 Å². The Balaban J connectivity index is -0.000000245. The van der Waals surface area contributed by atoms with Crippen LogP contribution < -0.4 is 0 Å². The van der Waals surface area contributed by atoms with Crippen molar-refractivity contribution in [3.8, 4) is 0 Å². The molecule has 0 aromatic heterocycles. The van der Waals surface area contributed by atoms with Gasteiger partial charge in [-0.15, -0.1) is 0 Å². The van der Waals surface area contributed by atoms with Crippen molar-refractivity contribution in [2.24, 2.45) is 0 Å². The molecule has 1 aromatic rings. The smallest absolute Gasteiger partial charge is 0.0305 e. The molecular formula is C16H32. The minimum Gasteiger partial charge on any atom is -0.0683 e. The van der Waals surface area contributed by atoms with Crippen molar-refractivity contribution < 1.29 is 0 Å². The summed E-state index contributed by atoms with van der Waals surface area (Å²) in [4.78, 5) is 0. The van der Waals surface area contributed by atoms with Crippen LogP contribution in [0.15, 0.2) is 18.2 Å². The molecule has 0 saturated carbocycles. The molecule has 0 fully saturated rings. The van der Waals surface area contributed by atoms with E-state index in [9.17, 15) is 0 Å². The van der Waals surface area contributed by atoms with Gasteiger partial charge in [0.25, 0.3) is 0 Å². The van der Waals surface area contributed by atoms with E-state index in [2.05, 4.69) is 39.0 Å². The number of rotatable bonds is 1. The van der Waals surface area contributed by atoms with E-state index in [-0.39, 0.29) is 0 Å². The molecule has 96 valence electrons. The zero-order chi connectivity index (χ0) is 13.6. The SMILES string of the molecule is CC.CC.CC.CCc1ccc(C)cc1C. The lowest BCUT2D eigenvalue weighted by Crippen LogP contribution is -1.85. The molecule has 0 spiro atoms. The molecular weight excluding hydrogens is 192 g/mol. The molecule has 0 bridgehead atoms. The predicted octanol–water partition coefficient (Wildman–Crippen LogP) is 5.94. The first-order valence-electron chi connectivity index (χ1n) is 6.80. The number of hydrogen-bond donors (Lipinski definition) is 0. The molecule has 0 atom stereocenters. The Labute approximate surface area is 104 Å². The van der Waals surface area contributed by atoms with E-state index in [0.717, 1.165) is 6.42 Å². The second-order valence-corrected chi connectivity index (χ2v) is 2.78. The van der Waals surface area contributed by atoms with Gasteiger partial charge in [0.2, 0.25) is 0 Å². The van der Waals surface area contributed by atoms with Crippen LogP contribution in [0.1, 0.15) is 65.2 Å². The summed E-state index contributed by atoms with van der Waals surface area (Å²) in [5.41, 5.74) is 4.24. The predicted molar refractivity (Wildman–Crippen MR) is 79.3 cm³/mol. The van der Waals surface area contributed by atoms with Gasteiger partial charge in [0, 0.05) is 0 Å². The fraction of sp³-hybridized carbons (Fsp3) is 0.625. The van der Waals surface area contributed by atoms with Crippen LogP contribution in [0.5, 0.6) is 0 Å². The van der Waals surface area contributed by atoms with E-state index in [1.165, 1.54) is 16.7 Å². The Bertz CT molecular complexity index is 223. The molecule has 0 nitrogen and oxygen atoms in total. The maximum atomic E-state index is 2.23. The zero-order valence-electron chi connectivity index (χ0n) is 12.9. The van der Waals surface area contributed by atoms with E-state index in [4.69, 9.17) is 0 Å². The van der Waals surface area contributed by atoms with Crippen molar-refractivity contribution in [3.05, 3.63) is 34.9 Å². The van der Waals surface area contributed by atoms with Gasteiger partial charge >= 0.3 is 0 Å². The monoisotopic (exact) mass is 224 g/mol. The molecule has 0 unspecified atom stereocenters. The topological polar surface area (TPSA) is 0 Å². The number of aryl methyl sites for hydroxylation is 3. The average molecular weight is 224 g/mol. The van der Waals surface area contributed by atoms with Gasteiger partial charge in [-0.05, 0) is 31.4 Å². The molecule has 0 aliphatic rings. The van der Waals surface area contributed by atoms with Gasteiger partial charge in [0.15, 0.2) is 0 Å². The lowest BCUT2D eigenvalue weighted by molar-refractivity contribution is 1.10. The van der Waals surface area contributed by atoms with Gasteiger partial charge in [0.05, 0.1) is 0 Å². The van der Waals surface area contributed by atoms with Crippen LogP contribution in [0.3, 0.4) is 0 Å². The van der Waals surface area contributed by atoms with Crippen LogP contribution in [0.2, 0.25) is 0 Å². The Morgan fingerprint density at radius 2 is 1.25 bits per heavy atom. The quantitative estimate of drug-likeness (QED) is 0.553. The molecule has 1 rings (SSSR count). The molecule has 0 aliphatic heterocycles. The molecule has 0 heterocycles. The number of benzene rings is 1. The molecule has 0 aliphatic carbocycles. The van der Waals surface area contributed by atoms with Crippen molar-refractivity contribution in [3.63, 3.8) is 0 Å². The highest BCUT2D eigenvalue weighted by molar-refractivity contribution is 5.30. The van der Waals surface area contributed by atoms with Crippen LogP contribution in [0.4, 0.5) is 0 Å². The Hall–Kier alpha value is -0.780. The van der Waals surface area contributed by atoms with E-state index in [0.29, 0.717) is 0 Å². The summed E-state index contributed by atoms with van der Waals surface area (Å²) in [5.74, 6) is 0. The maximum absolute atomic E-state index is 2.23. The second kappa shape index (κ2) is 16.6. The second-order valence-electron chi connectivity index (χ2n) is 2.78. The summed E-state index contributed by atoms with van der Waals surface area (Å²) in [5, 5.41) is 0. The molecule has 16 heavy (non-hydrogen) atoms. The third kappa shape index (κ3) is 9.76. The highest BCUT2D eigenvalue weighted by Gasteiger charge is 1.93. The van der Waals surface area contributed by atoms with Crippen molar-refractivity contribution in [2.75, 3.05) is 0 Å². The zero-order valence-corrected chi connectivity index (χ0v) is 12.9. The molecule has 0 amide bonds. The summed E-state index contributed by atoms with van der Waals surface area (Å²) < 4.78 is 0. The summed E-state index contributed by atoms with van der Waals surface area (Å²) in [6.45, 7) is 18.5. The summed E-state index contributed by atoms with van der Waals surface area (Å²) in [6, 6.07) is 6.62. The minimum atomic E-state index is 1.14. The van der Waals surface area contributed by atoms with Gasteiger partial charge in [-0.1, -0.05) is 72.2 Å². The minimum absolute atomic E-state index is 1.14. The maximum Gasteiger partial charge on any atom is -0.0305 e. The third-order valence-corrected chi connectivity index (χ3v) is 1.88. The van der Waals surface area contributed by atoms with Crippen LogP contribution >= 0.6 is 0 Å². The standard InChI is InChI=1S/C10H14.3C2H6/c1-4-10-6-5-8(2)7-9(10)3;3*1-2/h5-7H,4H2,1-3H3;3*1-2H3. The summed E-state index contributed by atoms with van der Waals surface area (Å²) >= 11 is 0. The first kappa shape index (κ1) is 20.6. The van der Waals surface area contributed by atoms with Gasteiger partial charge in [0.1, 0.15) is 0 Å². The van der Waals surface area contributed by atoms with E-state index in [1.54, 1.807) is 0 Å². The third-order valence-electron chi connectivity index (χ3n) is 1.88. The first-order valence-corrected chi connectivity index (χ1v) is 6.80. The van der Waals surface area contributed by atoms with E-state index in [1.807, 2.05) is 41.5 Å². The summed E-state index contributed by atoms with van der Waals surface area (Å²) in [6.07, 6.45) is 1.14. The molecule has 0 saturated heterocycles. The molecule has 0 radical (unpaired) electrons. The Morgan fingerprint density at radius 1 is 0.812 bits per heavy atom. The summed E-state index contributed by atoms with van der Waals surface area (Å²) in [7, 11) is 0. The van der Waals surface area contributed by atoms with Crippen molar-refractivity contribution in [1.29, 1.82) is 0 Å². The van der Waals surface area contributed by atoms with Crippen molar-refractivity contribution in [1.82, 2.24) is 0 Å². The molecule has 0 N–H and O–H groups in total. The highest BCUT2D eigenvalue weighted by atomic mass is 14.0. The van der Waals surface area contributed by atoms with Crippen LogP contribution in [0, 0.1) is 13.8 Å². The van der Waals surface area contributed by atoms with E-state index < -0.39 is 0 Å². The fourth-order valence-electron chi connectivity index (χ4n) is 1.24. The van der Waals surface area contributed by atoms with Crippen molar-refractivity contribution >= 4 is 0 Å². The largest absolute Gasteiger partial charge is 0.0683 e. The van der Waals surface area contributed by atoms with Crippen LogP contribution in [-0.4, -0.2) is 0 Å². The van der Waals surface area contributed by atoms with Gasteiger partial charge in [-0.3, -0.25) is 0 Å². The number of hydrogen-bond acceptors (Lipinski definition) is 0. The lowest BCUT2D eigenvalue weighted by Gasteiger charge is -2.02. The van der Waals surface area contributed by atoms with Crippen LogP contribution in [0.25, 0.3) is 0 Å². The highest BCUT2D eigenvalue weighted by Crippen LogP contribution is 2.10. The average Bonchev–Trinajstić information content (AvgIpc) is 2.37. The van der Waals surface area contributed by atoms with Crippen molar-refractivity contribution in [2.45, 2.75) is 68.7 Å². The van der Waals surface area contributed by atoms with E-state index >= 15 is 0 Å². The first-order chi connectivity index (χ1) is 7.74. The molecule has 1 aromatic carbocycles. The Kier molecular flexibility index (Phi) is 21.4. The lowest BCUT2D eigenvalue weighted by atomic mass is 10.0. The Morgan fingerprint density at radius 3 is 1.56 bits per heavy atom. The van der Waals surface area contributed by atoms with Crippen LogP contribution in [-0.2, 0) is 6.42 Å².